The third kappa shape index (κ3) is 4.83. The number of pyridine rings is 1. The molecule has 3 aromatic rings. The Labute approximate surface area is 189 Å². The van der Waals surface area contributed by atoms with Gasteiger partial charge in [0.25, 0.3) is 5.91 Å². The highest BCUT2D eigenvalue weighted by atomic mass is 35.5. The van der Waals surface area contributed by atoms with E-state index in [-0.39, 0.29) is 35.4 Å². The minimum atomic E-state index is -0.385. The third-order valence-electron chi connectivity index (χ3n) is 5.63. The Morgan fingerprint density at radius 3 is 2.53 bits per heavy atom. The number of ether oxygens (including phenoxy) is 2. The predicted molar refractivity (Wildman–Crippen MR) is 118 cm³/mol. The monoisotopic (exact) mass is 456 g/mol. The Kier molecular flexibility index (Phi) is 6.55. The molecule has 1 saturated heterocycles. The maximum absolute atomic E-state index is 13.1. The lowest BCUT2D eigenvalue weighted by Crippen LogP contribution is -2.40. The van der Waals surface area contributed by atoms with Gasteiger partial charge in [0.1, 0.15) is 23.3 Å². The third-order valence-corrected chi connectivity index (χ3v) is 5.95. The Morgan fingerprint density at radius 2 is 1.84 bits per heavy atom. The van der Waals surface area contributed by atoms with Gasteiger partial charge in [0, 0.05) is 35.7 Å². The number of hydrogen-bond donors (Lipinski definition) is 0. The Morgan fingerprint density at radius 1 is 1.12 bits per heavy atom. The second-order valence-electron chi connectivity index (χ2n) is 7.68. The van der Waals surface area contributed by atoms with Crippen LogP contribution < -0.4 is 4.74 Å². The summed E-state index contributed by atoms with van der Waals surface area (Å²) in [7, 11) is 1.58. The molecule has 0 unspecified atom stereocenters. The van der Waals surface area contributed by atoms with Crippen LogP contribution in [0.2, 0.25) is 5.15 Å². The second kappa shape index (κ2) is 9.53. The van der Waals surface area contributed by atoms with E-state index in [9.17, 15) is 14.0 Å². The molecule has 0 N–H and O–H groups in total. The van der Waals surface area contributed by atoms with Gasteiger partial charge in [-0.3, -0.25) is 9.59 Å². The van der Waals surface area contributed by atoms with Gasteiger partial charge in [0.2, 0.25) is 0 Å². The number of benzene rings is 2. The molecule has 8 heteroatoms. The minimum Gasteiger partial charge on any atom is -0.497 e. The fraction of sp³-hybridized carbons (Fsp3) is 0.292. The van der Waals surface area contributed by atoms with Crippen molar-refractivity contribution >= 4 is 34.4 Å². The lowest BCUT2D eigenvalue weighted by atomic mass is 9.96. The van der Waals surface area contributed by atoms with Gasteiger partial charge in [0.15, 0.2) is 0 Å². The number of aromatic nitrogens is 1. The van der Waals surface area contributed by atoms with Gasteiger partial charge in [-0.2, -0.15) is 0 Å². The number of fused-ring (bicyclic) bond motifs is 1. The predicted octanol–water partition coefficient (Wildman–Crippen LogP) is 4.63. The van der Waals surface area contributed by atoms with Crippen molar-refractivity contribution < 1.29 is 23.5 Å². The van der Waals surface area contributed by atoms with E-state index in [0.29, 0.717) is 48.3 Å². The van der Waals surface area contributed by atoms with Crippen molar-refractivity contribution in [2.75, 3.05) is 20.2 Å². The molecule has 0 radical (unpaired) electrons. The first-order valence-corrected chi connectivity index (χ1v) is 10.7. The SMILES string of the molecule is COc1ccc2cc(COC(=O)C3CCN(C(=O)c4ccc(F)cc4)CC3)c(Cl)nc2c1. The Bertz CT molecular complexity index is 1140. The van der Waals surface area contributed by atoms with Crippen LogP contribution in [0, 0.1) is 11.7 Å². The number of rotatable bonds is 5. The zero-order chi connectivity index (χ0) is 22.7. The summed E-state index contributed by atoms with van der Waals surface area (Å²) in [5, 5.41) is 1.15. The molecule has 1 amide bonds. The van der Waals surface area contributed by atoms with Crippen LogP contribution in [-0.4, -0.2) is 42.0 Å². The summed E-state index contributed by atoms with van der Waals surface area (Å²) in [5.74, 6) is -0.468. The minimum absolute atomic E-state index is 0.0291. The molecule has 32 heavy (non-hydrogen) atoms. The maximum atomic E-state index is 13.1. The van der Waals surface area contributed by atoms with E-state index in [4.69, 9.17) is 21.1 Å². The van der Waals surface area contributed by atoms with Crippen molar-refractivity contribution in [2.24, 2.45) is 5.92 Å². The van der Waals surface area contributed by atoms with Gasteiger partial charge in [0.05, 0.1) is 18.5 Å². The van der Waals surface area contributed by atoms with Crippen LogP contribution in [0.5, 0.6) is 5.75 Å². The number of nitrogens with zero attached hydrogens (tertiary/aromatic N) is 2. The highest BCUT2D eigenvalue weighted by Gasteiger charge is 2.29. The van der Waals surface area contributed by atoms with Crippen molar-refractivity contribution in [3.8, 4) is 5.75 Å². The summed E-state index contributed by atoms with van der Waals surface area (Å²) in [5.41, 5.74) is 1.76. The van der Waals surface area contributed by atoms with Gasteiger partial charge in [-0.1, -0.05) is 11.6 Å². The number of piperidine rings is 1. The molecule has 2 heterocycles. The number of amides is 1. The smallest absolute Gasteiger partial charge is 0.309 e. The molecule has 0 spiro atoms. The molecule has 1 aliphatic heterocycles. The van der Waals surface area contributed by atoms with Gasteiger partial charge >= 0.3 is 5.97 Å². The summed E-state index contributed by atoms with van der Waals surface area (Å²) in [6, 6.07) is 12.8. The number of methoxy groups -OCH3 is 1. The molecule has 0 saturated carbocycles. The molecule has 0 bridgehead atoms. The standard InChI is InChI=1S/C24H22ClFN2O4/c1-31-20-7-4-17-12-18(22(25)27-21(17)13-20)14-32-24(30)16-8-10-28(11-9-16)23(29)15-2-5-19(26)6-3-15/h2-7,12-13,16H,8-11,14H2,1H3. The second-order valence-corrected chi connectivity index (χ2v) is 8.04. The van der Waals surface area contributed by atoms with Crippen molar-refractivity contribution in [3.05, 3.63) is 70.6 Å². The van der Waals surface area contributed by atoms with Crippen molar-refractivity contribution in [2.45, 2.75) is 19.4 Å². The molecule has 2 aromatic carbocycles. The van der Waals surface area contributed by atoms with E-state index in [0.717, 1.165) is 5.39 Å². The van der Waals surface area contributed by atoms with Crippen LogP contribution in [0.4, 0.5) is 4.39 Å². The van der Waals surface area contributed by atoms with E-state index in [1.807, 2.05) is 18.2 Å². The fourth-order valence-electron chi connectivity index (χ4n) is 3.76. The van der Waals surface area contributed by atoms with Crippen LogP contribution in [0.1, 0.15) is 28.8 Å². The Hall–Kier alpha value is -3.19. The number of carbonyl (C=O) groups is 2. The number of hydrogen-bond acceptors (Lipinski definition) is 5. The largest absolute Gasteiger partial charge is 0.497 e. The van der Waals surface area contributed by atoms with E-state index in [2.05, 4.69) is 4.98 Å². The molecule has 0 aliphatic carbocycles. The maximum Gasteiger partial charge on any atom is 0.309 e. The van der Waals surface area contributed by atoms with E-state index in [1.54, 1.807) is 18.1 Å². The van der Waals surface area contributed by atoms with Crippen LogP contribution in [0.15, 0.2) is 48.5 Å². The number of halogens is 2. The van der Waals surface area contributed by atoms with Gasteiger partial charge < -0.3 is 14.4 Å². The molecular formula is C24H22ClFN2O4. The first-order chi connectivity index (χ1) is 15.4. The summed E-state index contributed by atoms with van der Waals surface area (Å²) < 4.78 is 23.8. The molecule has 1 aromatic heterocycles. The summed E-state index contributed by atoms with van der Waals surface area (Å²) >= 11 is 6.28. The van der Waals surface area contributed by atoms with Gasteiger partial charge in [-0.25, -0.2) is 9.37 Å². The van der Waals surface area contributed by atoms with E-state index in [1.165, 1.54) is 24.3 Å². The lowest BCUT2D eigenvalue weighted by Gasteiger charge is -2.31. The van der Waals surface area contributed by atoms with Gasteiger partial charge in [-0.15, -0.1) is 0 Å². The lowest BCUT2D eigenvalue weighted by molar-refractivity contribution is -0.151. The quantitative estimate of drug-likeness (QED) is 0.413. The number of carbonyl (C=O) groups excluding carboxylic acids is 2. The first-order valence-electron chi connectivity index (χ1n) is 10.3. The van der Waals surface area contributed by atoms with Crippen molar-refractivity contribution in [1.82, 2.24) is 9.88 Å². The van der Waals surface area contributed by atoms with Crippen LogP contribution >= 0.6 is 11.6 Å². The number of likely N-dealkylation sites (tertiary alicyclic amines) is 1. The zero-order valence-corrected chi connectivity index (χ0v) is 18.3. The normalized spacial score (nSPS) is 14.4. The zero-order valence-electron chi connectivity index (χ0n) is 17.5. The molecule has 166 valence electrons. The van der Waals surface area contributed by atoms with Crippen LogP contribution in [0.25, 0.3) is 10.9 Å². The number of esters is 1. The van der Waals surface area contributed by atoms with Crippen LogP contribution in [-0.2, 0) is 16.1 Å². The molecule has 4 rings (SSSR count). The molecule has 1 fully saturated rings. The molecule has 0 atom stereocenters. The Balaban J connectivity index is 1.33. The fourth-order valence-corrected chi connectivity index (χ4v) is 3.96. The molecule has 6 nitrogen and oxygen atoms in total. The summed E-state index contributed by atoms with van der Waals surface area (Å²) in [6.45, 7) is 0.910. The molecular weight excluding hydrogens is 435 g/mol. The van der Waals surface area contributed by atoms with Crippen molar-refractivity contribution in [1.29, 1.82) is 0 Å². The summed E-state index contributed by atoms with van der Waals surface area (Å²) in [4.78, 5) is 31.1. The average Bonchev–Trinajstić information content (AvgIpc) is 2.82. The topological polar surface area (TPSA) is 68.7 Å². The van der Waals surface area contributed by atoms with Crippen LogP contribution in [0.3, 0.4) is 0 Å². The van der Waals surface area contributed by atoms with Gasteiger partial charge in [-0.05, 0) is 55.3 Å². The highest BCUT2D eigenvalue weighted by Crippen LogP contribution is 2.26. The van der Waals surface area contributed by atoms with Crippen molar-refractivity contribution in [3.63, 3.8) is 0 Å². The highest BCUT2D eigenvalue weighted by molar-refractivity contribution is 6.30. The van der Waals surface area contributed by atoms with E-state index >= 15 is 0 Å². The first kappa shape index (κ1) is 22.0. The summed E-state index contributed by atoms with van der Waals surface area (Å²) in [6.07, 6.45) is 1.02. The van der Waals surface area contributed by atoms with E-state index < -0.39 is 0 Å². The average molecular weight is 457 g/mol. The molecule has 1 aliphatic rings.